The summed E-state index contributed by atoms with van der Waals surface area (Å²) < 4.78 is 6.67. The molecule has 138 valence electrons. The van der Waals surface area contributed by atoms with E-state index in [4.69, 9.17) is 21.4 Å². The number of aromatic nitrogens is 3. The van der Waals surface area contributed by atoms with Crippen molar-refractivity contribution in [3.05, 3.63) is 58.1 Å². The number of hydrogen-bond acceptors (Lipinski definition) is 5. The maximum atomic E-state index is 12.1. The molecule has 0 radical (unpaired) electrons. The molecule has 2 heterocycles. The molecule has 8 heteroatoms. The standard InChI is InChI=1S/C19H18ClN5O2/c1-11(22-19(26)17-8-12(2)27-24-17)10-25-7-6-16(23-25)15-5-4-14(9-21)18(20)13(15)3/h4-8,11H,10H2,1-3H3,(H,22,26)/t11-/m0/s1. The first-order valence-electron chi connectivity index (χ1n) is 8.36. The Hall–Kier alpha value is -3.11. The molecule has 0 aliphatic rings. The maximum Gasteiger partial charge on any atom is 0.273 e. The third kappa shape index (κ3) is 4.01. The second-order valence-electron chi connectivity index (χ2n) is 6.33. The van der Waals surface area contributed by atoms with Gasteiger partial charge in [0.1, 0.15) is 11.8 Å². The van der Waals surface area contributed by atoms with Crippen molar-refractivity contribution >= 4 is 17.5 Å². The fourth-order valence-corrected chi connectivity index (χ4v) is 2.96. The van der Waals surface area contributed by atoms with Crippen LogP contribution in [0.3, 0.4) is 0 Å². The van der Waals surface area contributed by atoms with Crippen molar-refractivity contribution in [1.29, 1.82) is 5.26 Å². The van der Waals surface area contributed by atoms with Gasteiger partial charge in [0.15, 0.2) is 5.69 Å². The van der Waals surface area contributed by atoms with Crippen LogP contribution in [-0.2, 0) is 6.54 Å². The zero-order chi connectivity index (χ0) is 19.6. The fourth-order valence-electron chi connectivity index (χ4n) is 2.75. The number of halogens is 1. The SMILES string of the molecule is Cc1cc(C(=O)N[C@@H](C)Cn2ccc(-c3ccc(C#N)c(Cl)c3C)n2)no1. The lowest BCUT2D eigenvalue weighted by Crippen LogP contribution is -2.36. The number of benzene rings is 1. The van der Waals surface area contributed by atoms with Crippen LogP contribution < -0.4 is 5.32 Å². The molecule has 0 unspecified atom stereocenters. The summed E-state index contributed by atoms with van der Waals surface area (Å²) in [6, 6.07) is 8.90. The summed E-state index contributed by atoms with van der Waals surface area (Å²) in [5, 5.41) is 20.6. The Morgan fingerprint density at radius 2 is 2.19 bits per heavy atom. The Bertz CT molecular complexity index is 1030. The lowest BCUT2D eigenvalue weighted by molar-refractivity contribution is 0.0927. The van der Waals surface area contributed by atoms with E-state index in [1.54, 1.807) is 23.7 Å². The van der Waals surface area contributed by atoms with E-state index >= 15 is 0 Å². The number of carbonyl (C=O) groups is 1. The predicted octanol–water partition coefficient (Wildman–Crippen LogP) is 3.50. The number of nitriles is 1. The second kappa shape index (κ2) is 7.64. The Morgan fingerprint density at radius 3 is 2.85 bits per heavy atom. The van der Waals surface area contributed by atoms with E-state index in [9.17, 15) is 4.79 Å². The van der Waals surface area contributed by atoms with Crippen molar-refractivity contribution in [2.24, 2.45) is 0 Å². The molecule has 0 spiro atoms. The summed E-state index contributed by atoms with van der Waals surface area (Å²) in [4.78, 5) is 12.1. The average Bonchev–Trinajstić information content (AvgIpc) is 3.26. The average molecular weight is 384 g/mol. The Morgan fingerprint density at radius 1 is 1.41 bits per heavy atom. The maximum absolute atomic E-state index is 12.1. The number of carbonyl (C=O) groups excluding carboxylic acids is 1. The molecule has 1 atom stereocenters. The van der Waals surface area contributed by atoms with Gasteiger partial charge in [-0.05, 0) is 38.5 Å². The highest BCUT2D eigenvalue weighted by molar-refractivity contribution is 6.32. The fraction of sp³-hybridized carbons (Fsp3) is 0.263. The van der Waals surface area contributed by atoms with E-state index in [1.165, 1.54) is 0 Å². The quantitative estimate of drug-likeness (QED) is 0.727. The molecule has 0 fully saturated rings. The van der Waals surface area contributed by atoms with Gasteiger partial charge in [0.2, 0.25) is 0 Å². The molecule has 1 N–H and O–H groups in total. The first kappa shape index (κ1) is 18.7. The van der Waals surface area contributed by atoms with Gasteiger partial charge in [-0.15, -0.1) is 0 Å². The van der Waals surface area contributed by atoms with Gasteiger partial charge >= 0.3 is 0 Å². The zero-order valence-corrected chi connectivity index (χ0v) is 15.9. The molecular formula is C19H18ClN5O2. The molecule has 0 aliphatic carbocycles. The molecule has 0 aliphatic heterocycles. The minimum absolute atomic E-state index is 0.159. The summed E-state index contributed by atoms with van der Waals surface area (Å²) >= 11 is 6.24. The topological polar surface area (TPSA) is 96.7 Å². The van der Waals surface area contributed by atoms with E-state index in [1.807, 2.05) is 32.2 Å². The van der Waals surface area contributed by atoms with Crippen LogP contribution in [0.25, 0.3) is 11.3 Å². The van der Waals surface area contributed by atoms with Crippen molar-refractivity contribution in [3.63, 3.8) is 0 Å². The number of aryl methyl sites for hydroxylation is 1. The van der Waals surface area contributed by atoms with Crippen LogP contribution in [0.15, 0.2) is 35.0 Å². The largest absolute Gasteiger partial charge is 0.361 e. The van der Waals surface area contributed by atoms with Crippen LogP contribution in [0.2, 0.25) is 5.02 Å². The van der Waals surface area contributed by atoms with Crippen LogP contribution in [0.5, 0.6) is 0 Å². The van der Waals surface area contributed by atoms with Gasteiger partial charge in [-0.3, -0.25) is 9.48 Å². The molecule has 0 saturated carbocycles. The van der Waals surface area contributed by atoms with Crippen molar-refractivity contribution in [2.75, 3.05) is 0 Å². The summed E-state index contributed by atoms with van der Waals surface area (Å²) in [6.45, 7) is 5.97. The van der Waals surface area contributed by atoms with E-state index in [2.05, 4.69) is 21.6 Å². The third-order valence-electron chi connectivity index (χ3n) is 4.12. The molecule has 3 aromatic rings. The van der Waals surface area contributed by atoms with Crippen molar-refractivity contribution in [1.82, 2.24) is 20.3 Å². The van der Waals surface area contributed by atoms with Crippen LogP contribution in [-0.4, -0.2) is 26.9 Å². The first-order chi connectivity index (χ1) is 12.9. The van der Waals surface area contributed by atoms with E-state index in [-0.39, 0.29) is 17.6 Å². The molecule has 1 amide bonds. The van der Waals surface area contributed by atoms with Gasteiger partial charge in [0, 0.05) is 23.9 Å². The van der Waals surface area contributed by atoms with Gasteiger partial charge < -0.3 is 9.84 Å². The molecule has 3 rings (SSSR count). The lowest BCUT2D eigenvalue weighted by Gasteiger charge is -2.13. The Labute approximate surface area is 161 Å². The molecule has 2 aromatic heterocycles. The van der Waals surface area contributed by atoms with Gasteiger partial charge in [0.05, 0.1) is 22.8 Å². The lowest BCUT2D eigenvalue weighted by atomic mass is 10.0. The highest BCUT2D eigenvalue weighted by atomic mass is 35.5. The zero-order valence-electron chi connectivity index (χ0n) is 15.2. The summed E-state index contributed by atoms with van der Waals surface area (Å²) in [5.74, 6) is 0.294. The number of amides is 1. The van der Waals surface area contributed by atoms with E-state index in [0.29, 0.717) is 22.9 Å². The van der Waals surface area contributed by atoms with Crippen LogP contribution in [0, 0.1) is 25.2 Å². The highest BCUT2D eigenvalue weighted by Crippen LogP contribution is 2.29. The van der Waals surface area contributed by atoms with Crippen molar-refractivity contribution in [2.45, 2.75) is 33.4 Å². The normalized spacial score (nSPS) is 11.8. The Balaban J connectivity index is 1.70. The molecule has 0 bridgehead atoms. The summed E-state index contributed by atoms with van der Waals surface area (Å²) in [7, 11) is 0. The summed E-state index contributed by atoms with van der Waals surface area (Å²) in [5.41, 5.74) is 3.13. The van der Waals surface area contributed by atoms with Crippen LogP contribution >= 0.6 is 11.6 Å². The second-order valence-corrected chi connectivity index (χ2v) is 6.71. The van der Waals surface area contributed by atoms with Gasteiger partial charge in [-0.2, -0.15) is 10.4 Å². The number of nitrogens with zero attached hydrogens (tertiary/aromatic N) is 4. The third-order valence-corrected chi connectivity index (χ3v) is 4.61. The summed E-state index contributed by atoms with van der Waals surface area (Å²) in [6.07, 6.45) is 1.84. The molecule has 1 aromatic carbocycles. The van der Waals surface area contributed by atoms with Crippen molar-refractivity contribution < 1.29 is 9.32 Å². The first-order valence-corrected chi connectivity index (χ1v) is 8.74. The van der Waals surface area contributed by atoms with Crippen molar-refractivity contribution in [3.8, 4) is 17.3 Å². The smallest absolute Gasteiger partial charge is 0.273 e. The van der Waals surface area contributed by atoms with Gasteiger partial charge in [-0.25, -0.2) is 0 Å². The minimum Gasteiger partial charge on any atom is -0.361 e. The molecule has 7 nitrogen and oxygen atoms in total. The number of hydrogen-bond donors (Lipinski definition) is 1. The number of rotatable bonds is 5. The predicted molar refractivity (Wildman–Crippen MR) is 100 cm³/mol. The van der Waals surface area contributed by atoms with Gasteiger partial charge in [-0.1, -0.05) is 22.8 Å². The van der Waals surface area contributed by atoms with Crippen LogP contribution in [0.4, 0.5) is 0 Å². The highest BCUT2D eigenvalue weighted by Gasteiger charge is 2.15. The molecule has 0 saturated heterocycles. The monoisotopic (exact) mass is 383 g/mol. The van der Waals surface area contributed by atoms with E-state index < -0.39 is 0 Å². The van der Waals surface area contributed by atoms with E-state index in [0.717, 1.165) is 16.8 Å². The van der Waals surface area contributed by atoms with Crippen LogP contribution in [0.1, 0.15) is 34.3 Å². The van der Waals surface area contributed by atoms with Gasteiger partial charge in [0.25, 0.3) is 5.91 Å². The molecular weight excluding hydrogens is 366 g/mol. The Kier molecular flexibility index (Phi) is 5.28. The molecule has 27 heavy (non-hydrogen) atoms. The number of nitrogens with one attached hydrogen (secondary N) is 1. The minimum atomic E-state index is -0.290.